The zero-order chi connectivity index (χ0) is 18.6. The molecular formula is C19H26N4O3. The minimum atomic E-state index is -0.970. The third kappa shape index (κ3) is 5.05. The molecule has 2 N–H and O–H groups in total. The maximum absolute atomic E-state index is 12.3. The van der Waals surface area contributed by atoms with E-state index < -0.39 is 5.60 Å². The van der Waals surface area contributed by atoms with Crippen LogP contribution in [0, 0.1) is 5.92 Å². The molecule has 0 aromatic carbocycles. The molecule has 0 saturated carbocycles. The number of pyridine rings is 1. The summed E-state index contributed by atoms with van der Waals surface area (Å²) in [4.78, 5) is 18.5. The van der Waals surface area contributed by atoms with Crippen LogP contribution >= 0.6 is 0 Å². The number of rotatable bonds is 6. The van der Waals surface area contributed by atoms with Gasteiger partial charge in [0.25, 0.3) is 0 Å². The molecule has 1 fully saturated rings. The fourth-order valence-electron chi connectivity index (χ4n) is 3.15. The van der Waals surface area contributed by atoms with E-state index in [4.69, 9.17) is 4.74 Å². The van der Waals surface area contributed by atoms with Gasteiger partial charge in [0.2, 0.25) is 5.91 Å². The third-order valence-electron chi connectivity index (χ3n) is 4.45. The molecule has 7 heteroatoms. The van der Waals surface area contributed by atoms with Crippen LogP contribution in [0.1, 0.15) is 33.1 Å². The van der Waals surface area contributed by atoms with E-state index in [1.807, 2.05) is 23.1 Å². The number of carbonyl (C=O) groups excluding carboxylic acids is 1. The Morgan fingerprint density at radius 2 is 2.27 bits per heavy atom. The molecule has 2 aromatic heterocycles. The predicted octanol–water partition coefficient (Wildman–Crippen LogP) is 2.25. The molecule has 140 valence electrons. The number of ether oxygens (including phenoxy) is 1. The van der Waals surface area contributed by atoms with Crippen molar-refractivity contribution in [2.75, 3.05) is 19.7 Å². The summed E-state index contributed by atoms with van der Waals surface area (Å²) < 4.78 is 5.87. The number of amides is 1. The van der Waals surface area contributed by atoms with E-state index in [0.717, 1.165) is 30.8 Å². The van der Waals surface area contributed by atoms with Gasteiger partial charge < -0.3 is 14.7 Å². The molecule has 1 atom stereocenters. The number of piperidine rings is 1. The normalized spacial score (nSPS) is 18.0. The fraction of sp³-hybridized carbons (Fsp3) is 0.526. The van der Waals surface area contributed by atoms with Gasteiger partial charge in [-0.1, -0.05) is 0 Å². The maximum atomic E-state index is 12.3. The Morgan fingerprint density at radius 3 is 2.92 bits per heavy atom. The minimum Gasteiger partial charge on any atom is -0.492 e. The molecule has 1 aliphatic heterocycles. The summed E-state index contributed by atoms with van der Waals surface area (Å²) >= 11 is 0. The van der Waals surface area contributed by atoms with Crippen molar-refractivity contribution in [1.82, 2.24) is 20.1 Å². The second kappa shape index (κ2) is 7.86. The third-order valence-corrected chi connectivity index (χ3v) is 4.45. The number of hydrogen-bond acceptors (Lipinski definition) is 5. The number of H-pyrrole nitrogens is 1. The van der Waals surface area contributed by atoms with Crippen LogP contribution < -0.4 is 4.74 Å². The van der Waals surface area contributed by atoms with Crippen molar-refractivity contribution in [2.24, 2.45) is 5.92 Å². The predicted molar refractivity (Wildman–Crippen MR) is 97.5 cm³/mol. The van der Waals surface area contributed by atoms with Gasteiger partial charge in [0.05, 0.1) is 36.2 Å². The summed E-state index contributed by atoms with van der Waals surface area (Å²) in [6.07, 6.45) is 5.54. The number of aromatic nitrogens is 3. The van der Waals surface area contributed by atoms with E-state index in [9.17, 15) is 9.90 Å². The molecule has 0 unspecified atom stereocenters. The van der Waals surface area contributed by atoms with Crippen LogP contribution in [0.5, 0.6) is 5.75 Å². The lowest BCUT2D eigenvalue weighted by Gasteiger charge is -2.34. The van der Waals surface area contributed by atoms with E-state index in [0.29, 0.717) is 24.8 Å². The maximum Gasteiger partial charge on any atom is 0.225 e. The van der Waals surface area contributed by atoms with Crippen molar-refractivity contribution < 1.29 is 14.6 Å². The number of nitrogens with zero attached hydrogens (tertiary/aromatic N) is 3. The van der Waals surface area contributed by atoms with Crippen LogP contribution in [0.15, 0.2) is 30.6 Å². The number of carbonyl (C=O) groups is 1. The fourth-order valence-corrected chi connectivity index (χ4v) is 3.15. The first-order valence-corrected chi connectivity index (χ1v) is 8.99. The van der Waals surface area contributed by atoms with E-state index in [1.54, 1.807) is 26.2 Å². The van der Waals surface area contributed by atoms with Crippen LogP contribution in [0.4, 0.5) is 0 Å². The Bertz CT molecular complexity index is 707. The first kappa shape index (κ1) is 18.4. The first-order chi connectivity index (χ1) is 12.4. The summed E-state index contributed by atoms with van der Waals surface area (Å²) in [6, 6.07) is 5.65. The summed E-state index contributed by atoms with van der Waals surface area (Å²) in [6.45, 7) is 5.31. The lowest BCUT2D eigenvalue weighted by Crippen LogP contribution is -2.43. The highest BCUT2D eigenvalue weighted by Gasteiger charge is 2.27. The molecule has 0 aliphatic carbocycles. The van der Waals surface area contributed by atoms with Crippen molar-refractivity contribution in [2.45, 2.75) is 38.7 Å². The largest absolute Gasteiger partial charge is 0.492 e. The Labute approximate surface area is 153 Å². The molecule has 0 radical (unpaired) electrons. The van der Waals surface area contributed by atoms with Crippen molar-refractivity contribution >= 4 is 5.91 Å². The van der Waals surface area contributed by atoms with Crippen LogP contribution in [0.2, 0.25) is 0 Å². The molecule has 2 aromatic rings. The van der Waals surface area contributed by atoms with Crippen LogP contribution in [0.3, 0.4) is 0 Å². The molecular weight excluding hydrogens is 332 g/mol. The lowest BCUT2D eigenvalue weighted by molar-refractivity contribution is -0.137. The summed E-state index contributed by atoms with van der Waals surface area (Å²) in [7, 11) is 0. The number of aromatic amines is 1. The molecule has 7 nitrogen and oxygen atoms in total. The standard InChI is InChI=1S/C19H26N4O3/c1-19(2,25)10-18(24)23-9-3-4-14(12-23)13-26-15-5-6-16(20-11-15)17-7-8-21-22-17/h5-8,11,14,25H,3-4,9-10,12-13H2,1-2H3,(H,21,22)/t14-/m1/s1. The van der Waals surface area contributed by atoms with Crippen molar-refractivity contribution in [3.8, 4) is 17.1 Å². The Morgan fingerprint density at radius 1 is 1.42 bits per heavy atom. The highest BCUT2D eigenvalue weighted by atomic mass is 16.5. The van der Waals surface area contributed by atoms with Gasteiger partial charge in [-0.25, -0.2) is 0 Å². The van der Waals surface area contributed by atoms with Crippen LogP contribution in [0.25, 0.3) is 11.4 Å². The van der Waals surface area contributed by atoms with Crippen molar-refractivity contribution in [3.05, 3.63) is 30.6 Å². The van der Waals surface area contributed by atoms with Crippen molar-refractivity contribution in [1.29, 1.82) is 0 Å². The first-order valence-electron chi connectivity index (χ1n) is 8.99. The Balaban J connectivity index is 1.50. The van der Waals surface area contributed by atoms with Gasteiger partial charge in [-0.2, -0.15) is 5.10 Å². The van der Waals surface area contributed by atoms with Gasteiger partial charge in [-0.05, 0) is 44.9 Å². The smallest absolute Gasteiger partial charge is 0.225 e. The van der Waals surface area contributed by atoms with Gasteiger partial charge in [0.15, 0.2) is 0 Å². The summed E-state index contributed by atoms with van der Waals surface area (Å²) in [5.41, 5.74) is 0.712. The summed E-state index contributed by atoms with van der Waals surface area (Å²) in [5.74, 6) is 1.02. The molecule has 1 amide bonds. The molecule has 0 spiro atoms. The lowest BCUT2D eigenvalue weighted by atomic mass is 9.97. The van der Waals surface area contributed by atoms with Crippen molar-refractivity contribution in [3.63, 3.8) is 0 Å². The molecule has 1 saturated heterocycles. The monoisotopic (exact) mass is 358 g/mol. The molecule has 26 heavy (non-hydrogen) atoms. The Hall–Kier alpha value is -2.41. The van der Waals surface area contributed by atoms with Gasteiger partial charge in [0.1, 0.15) is 5.75 Å². The highest BCUT2D eigenvalue weighted by Crippen LogP contribution is 2.22. The van der Waals surface area contributed by atoms with Crippen LogP contribution in [-0.4, -0.2) is 56.4 Å². The average molecular weight is 358 g/mol. The van der Waals surface area contributed by atoms with E-state index in [-0.39, 0.29) is 12.3 Å². The number of hydrogen-bond donors (Lipinski definition) is 2. The molecule has 3 heterocycles. The zero-order valence-electron chi connectivity index (χ0n) is 15.3. The topological polar surface area (TPSA) is 91.3 Å². The minimum absolute atomic E-state index is 0.00720. The van der Waals surface area contributed by atoms with E-state index in [1.165, 1.54) is 0 Å². The van der Waals surface area contributed by atoms with Gasteiger partial charge in [0, 0.05) is 25.2 Å². The van der Waals surface area contributed by atoms with E-state index >= 15 is 0 Å². The second-order valence-corrected chi connectivity index (χ2v) is 7.50. The molecule has 0 bridgehead atoms. The number of nitrogens with one attached hydrogen (secondary N) is 1. The van der Waals surface area contributed by atoms with Crippen LogP contribution in [-0.2, 0) is 4.79 Å². The average Bonchev–Trinajstić information content (AvgIpc) is 3.14. The summed E-state index contributed by atoms with van der Waals surface area (Å²) in [5, 5.41) is 16.6. The second-order valence-electron chi connectivity index (χ2n) is 7.50. The zero-order valence-corrected chi connectivity index (χ0v) is 15.3. The Kier molecular flexibility index (Phi) is 5.56. The quantitative estimate of drug-likeness (QED) is 0.826. The molecule has 1 aliphatic rings. The van der Waals surface area contributed by atoms with Gasteiger partial charge in [-0.3, -0.25) is 14.9 Å². The highest BCUT2D eigenvalue weighted by molar-refractivity contribution is 5.77. The van der Waals surface area contributed by atoms with Gasteiger partial charge >= 0.3 is 0 Å². The van der Waals surface area contributed by atoms with Gasteiger partial charge in [-0.15, -0.1) is 0 Å². The number of likely N-dealkylation sites (tertiary alicyclic amines) is 1. The SMILES string of the molecule is CC(C)(O)CC(=O)N1CCC[C@@H](COc2ccc(-c3ccn[nH]3)nc2)C1. The molecule has 3 rings (SSSR count). The van der Waals surface area contributed by atoms with E-state index in [2.05, 4.69) is 15.2 Å². The number of aliphatic hydroxyl groups is 1.